The van der Waals surface area contributed by atoms with Crippen molar-refractivity contribution in [3.63, 3.8) is 0 Å². The molecule has 3 N–H and O–H groups in total. The van der Waals surface area contributed by atoms with Crippen LogP contribution in [0.1, 0.15) is 15.9 Å². The number of hydrogen-bond acceptors (Lipinski definition) is 3. The Labute approximate surface area is 99.5 Å². The predicted octanol–water partition coefficient (Wildman–Crippen LogP) is 2.00. The fourth-order valence-electron chi connectivity index (χ4n) is 1.07. The van der Waals surface area contributed by atoms with E-state index >= 15 is 0 Å². The van der Waals surface area contributed by atoms with Crippen LogP contribution in [0.3, 0.4) is 0 Å². The van der Waals surface area contributed by atoms with Gasteiger partial charge in [0, 0.05) is 18.1 Å². The maximum atomic E-state index is 10.7. The number of hydrogen-bond donors (Lipinski definition) is 2. The highest BCUT2D eigenvalue weighted by Crippen LogP contribution is 2.13. The first kappa shape index (κ1) is 14.3. The number of aromatic carboxylic acids is 1. The molecule has 1 rings (SSSR count). The van der Waals surface area contributed by atoms with Crippen molar-refractivity contribution < 1.29 is 9.90 Å². The number of thioether (sulfide) groups is 1. The predicted molar refractivity (Wildman–Crippen MR) is 65.9 cm³/mol. The lowest BCUT2D eigenvalue weighted by Crippen LogP contribution is -2.01. The monoisotopic (exact) mass is 247 g/mol. The number of halogens is 1. The Morgan fingerprint density at radius 3 is 2.80 bits per heavy atom. The highest BCUT2D eigenvalue weighted by Gasteiger charge is 2.02. The fourth-order valence-corrected chi connectivity index (χ4v) is 1.79. The second kappa shape index (κ2) is 7.56. The first-order valence-corrected chi connectivity index (χ1v) is 5.49. The standard InChI is InChI=1S/C10H13NO2S.ClH/c11-4-5-14-7-8-2-1-3-9(6-8)10(12)13;/h1-3,6H,4-5,7,11H2,(H,12,13);1H. The van der Waals surface area contributed by atoms with E-state index in [-0.39, 0.29) is 12.4 Å². The van der Waals surface area contributed by atoms with Crippen molar-refractivity contribution in [3.8, 4) is 0 Å². The number of carboxylic acids is 1. The quantitative estimate of drug-likeness (QED) is 0.782. The third kappa shape index (κ3) is 5.06. The Morgan fingerprint density at radius 1 is 1.47 bits per heavy atom. The number of nitrogens with two attached hydrogens (primary N) is 1. The van der Waals surface area contributed by atoms with Crippen molar-refractivity contribution in [3.05, 3.63) is 35.4 Å². The Hall–Kier alpha value is -0.710. The van der Waals surface area contributed by atoms with Gasteiger partial charge in [0.05, 0.1) is 5.56 Å². The fraction of sp³-hybridized carbons (Fsp3) is 0.300. The van der Waals surface area contributed by atoms with Crippen LogP contribution >= 0.6 is 24.2 Å². The van der Waals surface area contributed by atoms with Gasteiger partial charge in [-0.1, -0.05) is 12.1 Å². The molecular formula is C10H14ClNO2S. The van der Waals surface area contributed by atoms with Crippen LogP contribution in [0.5, 0.6) is 0 Å². The largest absolute Gasteiger partial charge is 0.478 e. The summed E-state index contributed by atoms with van der Waals surface area (Å²) in [5, 5.41) is 8.75. The number of carboxylic acid groups (broad SMARTS) is 1. The summed E-state index contributed by atoms with van der Waals surface area (Å²) in [5.74, 6) is 0.839. The zero-order chi connectivity index (χ0) is 10.4. The minimum absolute atomic E-state index is 0. The molecule has 84 valence electrons. The number of carbonyl (C=O) groups is 1. The van der Waals surface area contributed by atoms with Crippen LogP contribution in [0.4, 0.5) is 0 Å². The van der Waals surface area contributed by atoms with Gasteiger partial charge in [0.15, 0.2) is 0 Å². The van der Waals surface area contributed by atoms with E-state index < -0.39 is 5.97 Å². The van der Waals surface area contributed by atoms with Gasteiger partial charge in [0.2, 0.25) is 0 Å². The minimum atomic E-state index is -0.879. The Morgan fingerprint density at radius 2 is 2.20 bits per heavy atom. The van der Waals surface area contributed by atoms with Crippen molar-refractivity contribution in [2.45, 2.75) is 5.75 Å². The van der Waals surface area contributed by atoms with Gasteiger partial charge in [-0.15, -0.1) is 12.4 Å². The van der Waals surface area contributed by atoms with Crippen LogP contribution in [0, 0.1) is 0 Å². The van der Waals surface area contributed by atoms with Crippen molar-refractivity contribution in [2.24, 2.45) is 5.73 Å². The highest BCUT2D eigenvalue weighted by molar-refractivity contribution is 7.98. The van der Waals surface area contributed by atoms with Crippen molar-refractivity contribution in [2.75, 3.05) is 12.3 Å². The zero-order valence-electron chi connectivity index (χ0n) is 8.18. The van der Waals surface area contributed by atoms with Crippen LogP contribution in [-0.2, 0) is 5.75 Å². The number of benzene rings is 1. The van der Waals surface area contributed by atoms with E-state index in [4.69, 9.17) is 10.8 Å². The summed E-state index contributed by atoms with van der Waals surface area (Å²) in [5.41, 5.74) is 6.73. The van der Waals surface area contributed by atoms with Crippen molar-refractivity contribution in [1.82, 2.24) is 0 Å². The molecule has 0 fully saturated rings. The van der Waals surface area contributed by atoms with Crippen LogP contribution in [-0.4, -0.2) is 23.4 Å². The maximum absolute atomic E-state index is 10.7. The lowest BCUT2D eigenvalue weighted by Gasteiger charge is -2.01. The summed E-state index contributed by atoms with van der Waals surface area (Å²) < 4.78 is 0. The highest BCUT2D eigenvalue weighted by atomic mass is 35.5. The summed E-state index contributed by atoms with van der Waals surface area (Å²) >= 11 is 1.71. The lowest BCUT2D eigenvalue weighted by molar-refractivity contribution is 0.0697. The molecule has 0 amide bonds. The molecule has 5 heteroatoms. The Bertz CT molecular complexity index is 320. The van der Waals surface area contributed by atoms with Gasteiger partial charge < -0.3 is 10.8 Å². The molecule has 0 bridgehead atoms. The van der Waals surface area contributed by atoms with E-state index in [1.807, 2.05) is 6.07 Å². The minimum Gasteiger partial charge on any atom is -0.478 e. The molecule has 0 saturated heterocycles. The molecule has 1 aromatic rings. The van der Waals surface area contributed by atoms with E-state index in [1.54, 1.807) is 30.0 Å². The van der Waals surface area contributed by atoms with Gasteiger partial charge in [0.1, 0.15) is 0 Å². The summed E-state index contributed by atoms with van der Waals surface area (Å²) in [6.45, 7) is 0.656. The van der Waals surface area contributed by atoms with E-state index in [0.717, 1.165) is 17.1 Å². The van der Waals surface area contributed by atoms with Gasteiger partial charge in [-0.2, -0.15) is 11.8 Å². The molecule has 0 aliphatic heterocycles. The summed E-state index contributed by atoms with van der Waals surface area (Å²) in [6.07, 6.45) is 0. The molecule has 15 heavy (non-hydrogen) atoms. The molecular weight excluding hydrogens is 234 g/mol. The molecule has 0 heterocycles. The SMILES string of the molecule is Cl.NCCSCc1cccc(C(=O)O)c1. The van der Waals surface area contributed by atoms with Gasteiger partial charge in [-0.25, -0.2) is 4.79 Å². The second-order valence-corrected chi connectivity index (χ2v) is 3.95. The molecule has 0 saturated carbocycles. The second-order valence-electron chi connectivity index (χ2n) is 2.85. The third-order valence-electron chi connectivity index (χ3n) is 1.70. The number of rotatable bonds is 5. The van der Waals surface area contributed by atoms with E-state index in [2.05, 4.69) is 0 Å². The van der Waals surface area contributed by atoms with Crippen LogP contribution in [0.15, 0.2) is 24.3 Å². The smallest absolute Gasteiger partial charge is 0.335 e. The van der Waals surface area contributed by atoms with Gasteiger partial charge in [0.25, 0.3) is 0 Å². The molecule has 0 spiro atoms. The molecule has 0 aliphatic carbocycles. The van der Waals surface area contributed by atoms with E-state index in [0.29, 0.717) is 12.1 Å². The molecule has 0 atom stereocenters. The summed E-state index contributed by atoms with van der Waals surface area (Å²) in [6, 6.07) is 6.99. The first-order valence-electron chi connectivity index (χ1n) is 4.34. The van der Waals surface area contributed by atoms with Crippen LogP contribution in [0.25, 0.3) is 0 Å². The van der Waals surface area contributed by atoms with Gasteiger partial charge >= 0.3 is 5.97 Å². The molecule has 3 nitrogen and oxygen atoms in total. The topological polar surface area (TPSA) is 63.3 Å². The molecule has 0 unspecified atom stereocenters. The van der Waals surface area contributed by atoms with Crippen LogP contribution in [0.2, 0.25) is 0 Å². The maximum Gasteiger partial charge on any atom is 0.335 e. The lowest BCUT2D eigenvalue weighted by atomic mass is 10.1. The Balaban J connectivity index is 0.00000196. The average Bonchev–Trinajstić information content (AvgIpc) is 2.19. The summed E-state index contributed by atoms with van der Waals surface area (Å²) in [4.78, 5) is 10.7. The van der Waals surface area contributed by atoms with Crippen molar-refractivity contribution >= 4 is 30.1 Å². The summed E-state index contributed by atoms with van der Waals surface area (Å²) in [7, 11) is 0. The molecule has 0 aliphatic rings. The van der Waals surface area contributed by atoms with E-state index in [1.165, 1.54) is 0 Å². The average molecular weight is 248 g/mol. The van der Waals surface area contributed by atoms with E-state index in [9.17, 15) is 4.79 Å². The van der Waals surface area contributed by atoms with Crippen molar-refractivity contribution in [1.29, 1.82) is 0 Å². The first-order chi connectivity index (χ1) is 6.74. The molecule has 0 aromatic heterocycles. The van der Waals surface area contributed by atoms with Gasteiger partial charge in [-0.3, -0.25) is 0 Å². The third-order valence-corrected chi connectivity index (χ3v) is 2.77. The normalized spacial score (nSPS) is 9.40. The molecule has 1 aromatic carbocycles. The zero-order valence-corrected chi connectivity index (χ0v) is 9.81. The Kier molecular flexibility index (Phi) is 7.21. The van der Waals surface area contributed by atoms with Crippen LogP contribution < -0.4 is 5.73 Å². The van der Waals surface area contributed by atoms with Gasteiger partial charge in [-0.05, 0) is 17.7 Å². The molecule has 0 radical (unpaired) electrons.